The zero-order valence-electron chi connectivity index (χ0n) is 22.9. The first-order valence-electron chi connectivity index (χ1n) is 13.0. The van der Waals surface area contributed by atoms with Gasteiger partial charge in [-0.3, -0.25) is 9.69 Å². The van der Waals surface area contributed by atoms with Gasteiger partial charge in [-0.2, -0.15) is 4.31 Å². The van der Waals surface area contributed by atoms with Crippen molar-refractivity contribution < 1.29 is 13.2 Å². The van der Waals surface area contributed by atoms with Crippen LogP contribution >= 0.6 is 22.9 Å². The Bertz CT molecular complexity index is 1540. The number of rotatable bonds is 10. The van der Waals surface area contributed by atoms with Crippen molar-refractivity contribution in [3.63, 3.8) is 0 Å². The van der Waals surface area contributed by atoms with Gasteiger partial charge in [-0.05, 0) is 66.3 Å². The highest BCUT2D eigenvalue weighted by molar-refractivity contribution is 7.89. The Labute approximate surface area is 240 Å². The van der Waals surface area contributed by atoms with Gasteiger partial charge in [-0.25, -0.2) is 13.4 Å². The Morgan fingerprint density at radius 1 is 0.923 bits per heavy atom. The summed E-state index contributed by atoms with van der Waals surface area (Å²) in [4.78, 5) is 20.5. The molecule has 0 aliphatic carbocycles. The lowest BCUT2D eigenvalue weighted by atomic mass is 10.1. The van der Waals surface area contributed by atoms with E-state index >= 15 is 0 Å². The number of anilines is 1. The van der Waals surface area contributed by atoms with Crippen molar-refractivity contribution in [3.05, 3.63) is 88.4 Å². The number of benzene rings is 3. The van der Waals surface area contributed by atoms with Crippen molar-refractivity contribution in [2.75, 3.05) is 18.0 Å². The molecule has 0 unspecified atom stereocenters. The fraction of sp³-hybridized carbons (Fsp3) is 0.333. The second-order valence-corrected chi connectivity index (χ2v) is 13.9. The summed E-state index contributed by atoms with van der Waals surface area (Å²) in [6.45, 7) is 11.1. The summed E-state index contributed by atoms with van der Waals surface area (Å²) in [6, 6.07) is 19.7. The van der Waals surface area contributed by atoms with Crippen LogP contribution in [0.4, 0.5) is 5.13 Å². The van der Waals surface area contributed by atoms with Gasteiger partial charge in [-0.1, -0.05) is 81.0 Å². The van der Waals surface area contributed by atoms with Gasteiger partial charge >= 0.3 is 0 Å². The summed E-state index contributed by atoms with van der Waals surface area (Å²) in [5.74, 6) is 0.128. The first-order valence-corrected chi connectivity index (χ1v) is 15.6. The number of halogens is 1. The molecule has 4 rings (SSSR count). The Balaban J connectivity index is 1.69. The van der Waals surface area contributed by atoms with E-state index in [1.54, 1.807) is 17.0 Å². The molecule has 0 bridgehead atoms. The topological polar surface area (TPSA) is 70.6 Å². The molecule has 6 nitrogen and oxygen atoms in total. The van der Waals surface area contributed by atoms with Gasteiger partial charge in [0.15, 0.2) is 5.13 Å². The molecule has 0 aliphatic heterocycles. The van der Waals surface area contributed by atoms with E-state index in [9.17, 15) is 13.2 Å². The minimum atomic E-state index is -3.70. The van der Waals surface area contributed by atoms with E-state index in [1.165, 1.54) is 27.8 Å². The second kappa shape index (κ2) is 12.2. The second-order valence-electron chi connectivity index (χ2n) is 10.5. The highest BCUT2D eigenvalue weighted by Gasteiger charge is 2.27. The maximum absolute atomic E-state index is 13.9. The third-order valence-corrected chi connectivity index (χ3v) is 9.57. The molecule has 0 saturated heterocycles. The predicted molar refractivity (Wildman–Crippen MR) is 161 cm³/mol. The number of sulfonamides is 1. The van der Waals surface area contributed by atoms with Crippen LogP contribution in [0.3, 0.4) is 0 Å². The average Bonchev–Trinajstić information content (AvgIpc) is 3.34. The van der Waals surface area contributed by atoms with E-state index in [1.807, 2.05) is 77.1 Å². The molecule has 206 valence electrons. The van der Waals surface area contributed by atoms with Crippen molar-refractivity contribution in [3.8, 4) is 0 Å². The lowest BCUT2D eigenvalue weighted by molar-refractivity contribution is 0.0985. The molecule has 39 heavy (non-hydrogen) atoms. The zero-order valence-corrected chi connectivity index (χ0v) is 25.3. The summed E-state index contributed by atoms with van der Waals surface area (Å²) in [7, 11) is -3.70. The van der Waals surface area contributed by atoms with E-state index in [4.69, 9.17) is 16.6 Å². The molecule has 0 N–H and O–H groups in total. The molecule has 0 spiro atoms. The minimum Gasteiger partial charge on any atom is -0.279 e. The van der Waals surface area contributed by atoms with Gasteiger partial charge in [0.05, 0.1) is 21.7 Å². The van der Waals surface area contributed by atoms with Gasteiger partial charge in [0, 0.05) is 23.7 Å². The lowest BCUT2D eigenvalue weighted by Gasteiger charge is -2.26. The van der Waals surface area contributed by atoms with Gasteiger partial charge < -0.3 is 0 Å². The van der Waals surface area contributed by atoms with Gasteiger partial charge in [0.1, 0.15) is 0 Å². The van der Waals surface area contributed by atoms with Gasteiger partial charge in [0.25, 0.3) is 5.91 Å². The first-order chi connectivity index (χ1) is 18.5. The van der Waals surface area contributed by atoms with Crippen LogP contribution in [-0.4, -0.2) is 36.7 Å². The Hall–Kier alpha value is -2.78. The van der Waals surface area contributed by atoms with Crippen molar-refractivity contribution in [2.24, 2.45) is 11.8 Å². The SMILES string of the molecule is Cc1c(Cl)ccc2sc(N(Cc3ccccc3)C(=O)c3ccc(S(=O)(=O)N(CC(C)C)CC(C)C)cc3)nc12. The summed E-state index contributed by atoms with van der Waals surface area (Å²) in [6.07, 6.45) is 0. The summed E-state index contributed by atoms with van der Waals surface area (Å²) in [5.41, 5.74) is 2.98. The fourth-order valence-corrected chi connectivity index (χ4v) is 7.30. The van der Waals surface area contributed by atoms with Crippen LogP contribution in [0.15, 0.2) is 71.6 Å². The molecule has 9 heteroatoms. The lowest BCUT2D eigenvalue weighted by Crippen LogP contribution is -2.37. The first kappa shape index (κ1) is 29.2. The largest absolute Gasteiger partial charge is 0.279 e. The third-order valence-electron chi connectivity index (χ3n) is 6.27. The molecule has 1 aromatic heterocycles. The standard InChI is InChI=1S/C30H34ClN3O3S2/c1-20(2)17-33(18-21(3)4)39(36,37)25-13-11-24(12-14-25)29(35)34(19-23-9-7-6-8-10-23)30-32-28-22(5)26(31)15-16-27(28)38-30/h6-16,20-21H,17-19H2,1-5H3. The van der Waals surface area contributed by atoms with E-state index < -0.39 is 10.0 Å². The smallest absolute Gasteiger partial charge is 0.260 e. The Morgan fingerprint density at radius 3 is 2.13 bits per heavy atom. The molecular weight excluding hydrogens is 550 g/mol. The molecule has 0 aliphatic rings. The number of aryl methyl sites for hydroxylation is 1. The molecule has 0 atom stereocenters. The molecule has 1 heterocycles. The summed E-state index contributed by atoms with van der Waals surface area (Å²) >= 11 is 7.75. The number of carbonyl (C=O) groups excluding carboxylic acids is 1. The monoisotopic (exact) mass is 583 g/mol. The quantitative estimate of drug-likeness (QED) is 0.195. The average molecular weight is 584 g/mol. The number of nitrogens with zero attached hydrogens (tertiary/aromatic N) is 3. The Kier molecular flexibility index (Phi) is 9.11. The van der Waals surface area contributed by atoms with E-state index in [0.29, 0.717) is 35.4 Å². The molecule has 0 saturated carbocycles. The van der Waals surface area contributed by atoms with Crippen LogP contribution in [0.5, 0.6) is 0 Å². The van der Waals surface area contributed by atoms with Crippen molar-refractivity contribution >= 4 is 54.2 Å². The van der Waals surface area contributed by atoms with Crippen LogP contribution in [0.2, 0.25) is 5.02 Å². The number of carbonyl (C=O) groups is 1. The number of amides is 1. The third kappa shape index (κ3) is 6.69. The van der Waals surface area contributed by atoms with Crippen LogP contribution < -0.4 is 4.90 Å². The summed E-state index contributed by atoms with van der Waals surface area (Å²) in [5, 5.41) is 1.18. The van der Waals surface area contributed by atoms with E-state index in [0.717, 1.165) is 21.3 Å². The number of thiazole rings is 1. The van der Waals surface area contributed by atoms with Crippen LogP contribution in [-0.2, 0) is 16.6 Å². The number of hydrogen-bond acceptors (Lipinski definition) is 5. The van der Waals surface area contributed by atoms with Crippen LogP contribution in [0.25, 0.3) is 10.2 Å². The fourth-order valence-electron chi connectivity index (χ4n) is 4.36. The predicted octanol–water partition coefficient (Wildman–Crippen LogP) is 7.41. The van der Waals surface area contributed by atoms with Crippen LogP contribution in [0, 0.1) is 18.8 Å². The zero-order chi connectivity index (χ0) is 28.3. The van der Waals surface area contributed by atoms with Crippen molar-refractivity contribution in [1.82, 2.24) is 9.29 Å². The number of fused-ring (bicyclic) bond motifs is 1. The van der Waals surface area contributed by atoms with Crippen molar-refractivity contribution in [1.29, 1.82) is 0 Å². The maximum Gasteiger partial charge on any atom is 0.260 e. The minimum absolute atomic E-state index is 0.181. The molecule has 0 radical (unpaired) electrons. The molecule has 4 aromatic rings. The highest BCUT2D eigenvalue weighted by atomic mass is 35.5. The number of hydrogen-bond donors (Lipinski definition) is 0. The van der Waals surface area contributed by atoms with E-state index in [2.05, 4.69) is 0 Å². The number of aromatic nitrogens is 1. The Morgan fingerprint density at radius 2 is 1.54 bits per heavy atom. The highest BCUT2D eigenvalue weighted by Crippen LogP contribution is 2.35. The van der Waals surface area contributed by atoms with Crippen molar-refractivity contribution in [2.45, 2.75) is 46.1 Å². The molecule has 1 amide bonds. The molecule has 0 fully saturated rings. The van der Waals surface area contributed by atoms with Crippen LogP contribution in [0.1, 0.15) is 49.2 Å². The molecular formula is C30H34ClN3O3S2. The maximum atomic E-state index is 13.9. The molecule has 3 aromatic carbocycles. The normalized spacial score (nSPS) is 12.1. The summed E-state index contributed by atoms with van der Waals surface area (Å²) < 4.78 is 29.4. The van der Waals surface area contributed by atoms with E-state index in [-0.39, 0.29) is 22.6 Å². The van der Waals surface area contributed by atoms with Gasteiger partial charge in [0.2, 0.25) is 10.0 Å². The van der Waals surface area contributed by atoms with Gasteiger partial charge in [-0.15, -0.1) is 0 Å².